The monoisotopic (exact) mass is 466 g/mol. The Labute approximate surface area is 203 Å². The predicted molar refractivity (Wildman–Crippen MR) is 137 cm³/mol. The number of nitrogens with one attached hydrogen (secondary N) is 2. The largest absolute Gasteiger partial charge is 0.339 e. The van der Waals surface area contributed by atoms with Crippen LogP contribution in [0.15, 0.2) is 90.1 Å². The van der Waals surface area contributed by atoms with Crippen LogP contribution < -0.4 is 0 Å². The second kappa shape index (κ2) is 10.3. The Morgan fingerprint density at radius 3 is 2.60 bits per heavy atom. The minimum atomic E-state index is -0.669. The maximum absolute atomic E-state index is 13.4. The number of aromatic amines is 1. The number of hydrogen-bond acceptors (Lipinski definition) is 5. The highest BCUT2D eigenvalue weighted by Gasteiger charge is 2.21. The molecule has 0 aliphatic carbocycles. The third-order valence-electron chi connectivity index (χ3n) is 6.00. The lowest BCUT2D eigenvalue weighted by molar-refractivity contribution is 0.628. The van der Waals surface area contributed by atoms with Gasteiger partial charge in [-0.2, -0.15) is 5.11 Å². The molecule has 1 atom stereocenters. The second-order valence-corrected chi connectivity index (χ2v) is 8.29. The Kier molecular flexibility index (Phi) is 7.06. The van der Waals surface area contributed by atoms with Gasteiger partial charge in [-0.05, 0) is 55.2 Å². The van der Waals surface area contributed by atoms with Crippen LogP contribution >= 0.6 is 0 Å². The van der Waals surface area contributed by atoms with E-state index in [1.54, 1.807) is 30.7 Å². The zero-order valence-electron chi connectivity index (χ0n) is 20.0. The van der Waals surface area contributed by atoms with Gasteiger partial charge in [0.2, 0.25) is 0 Å². The van der Waals surface area contributed by atoms with Crippen molar-refractivity contribution >= 4 is 16.6 Å². The van der Waals surface area contributed by atoms with Crippen molar-refractivity contribution in [3.63, 3.8) is 0 Å². The van der Waals surface area contributed by atoms with E-state index in [4.69, 9.17) is 10.5 Å². The van der Waals surface area contributed by atoms with Gasteiger partial charge in [0.05, 0.1) is 17.2 Å². The molecule has 176 valence electrons. The first-order valence-corrected chi connectivity index (χ1v) is 11.4. The molecule has 2 N–H and O–H groups in total. The van der Waals surface area contributed by atoms with E-state index >= 15 is 0 Å². The van der Waals surface area contributed by atoms with Crippen molar-refractivity contribution in [1.82, 2.24) is 19.9 Å². The summed E-state index contributed by atoms with van der Waals surface area (Å²) >= 11 is 0. The van der Waals surface area contributed by atoms with Crippen LogP contribution in [0.1, 0.15) is 50.2 Å². The van der Waals surface area contributed by atoms with Crippen LogP contribution in [-0.4, -0.2) is 19.9 Å². The molecule has 0 amide bonds. The van der Waals surface area contributed by atoms with E-state index in [9.17, 15) is 4.39 Å². The maximum atomic E-state index is 13.4. The van der Waals surface area contributed by atoms with Gasteiger partial charge < -0.3 is 4.98 Å². The van der Waals surface area contributed by atoms with Crippen LogP contribution in [0.25, 0.3) is 27.7 Å². The molecule has 7 heteroatoms. The molecule has 3 heterocycles. The summed E-state index contributed by atoms with van der Waals surface area (Å²) in [5, 5.41) is 3.87. The first-order valence-electron chi connectivity index (χ1n) is 11.4. The number of allylic oxidation sites excluding steroid dienone is 5. The van der Waals surface area contributed by atoms with Gasteiger partial charge in [-0.1, -0.05) is 43.4 Å². The van der Waals surface area contributed by atoms with E-state index in [1.807, 2.05) is 19.2 Å². The summed E-state index contributed by atoms with van der Waals surface area (Å²) in [4.78, 5) is 16.8. The van der Waals surface area contributed by atoms with Crippen LogP contribution in [0, 0.1) is 11.3 Å². The number of rotatable bonds is 8. The van der Waals surface area contributed by atoms with Gasteiger partial charge in [-0.15, -0.1) is 0 Å². The lowest BCUT2D eigenvalue weighted by Crippen LogP contribution is -2.02. The van der Waals surface area contributed by atoms with Gasteiger partial charge in [0.1, 0.15) is 11.6 Å². The Balaban J connectivity index is 1.78. The Morgan fingerprint density at radius 2 is 1.91 bits per heavy atom. The van der Waals surface area contributed by atoms with E-state index in [0.717, 1.165) is 45.4 Å². The van der Waals surface area contributed by atoms with Crippen molar-refractivity contribution in [2.24, 2.45) is 5.11 Å². The molecule has 3 aromatic heterocycles. The van der Waals surface area contributed by atoms with Crippen LogP contribution in [0.4, 0.5) is 4.39 Å². The SMILES string of the molecule is C=C(/C=C(\C(C)=CC)c1cncc(C(N=N)c2nc3c(-c4ccc(F)cc4)cncc3[nH]2)c1)CC. The normalized spacial score (nSPS) is 13.1. The number of hydrogen-bond donors (Lipinski definition) is 2. The number of imidazole rings is 1. The molecule has 6 nitrogen and oxygen atoms in total. The summed E-state index contributed by atoms with van der Waals surface area (Å²) in [6.07, 6.45) is 11.9. The highest BCUT2D eigenvalue weighted by atomic mass is 19.1. The van der Waals surface area contributed by atoms with E-state index in [-0.39, 0.29) is 5.82 Å². The molecule has 0 saturated heterocycles. The van der Waals surface area contributed by atoms with Gasteiger partial charge in [-0.25, -0.2) is 14.9 Å². The molecule has 0 spiro atoms. The lowest BCUT2D eigenvalue weighted by Gasteiger charge is -2.13. The number of fused-ring (bicyclic) bond motifs is 1. The van der Waals surface area contributed by atoms with E-state index in [2.05, 4.69) is 52.6 Å². The molecule has 1 aromatic carbocycles. The maximum Gasteiger partial charge on any atom is 0.155 e. The van der Waals surface area contributed by atoms with Crippen molar-refractivity contribution in [3.05, 3.63) is 108 Å². The number of halogens is 1. The molecule has 0 saturated carbocycles. The molecule has 0 bridgehead atoms. The minimum Gasteiger partial charge on any atom is -0.339 e. The number of H-pyrrole nitrogens is 1. The Hall–Kier alpha value is -4.26. The molecule has 35 heavy (non-hydrogen) atoms. The van der Waals surface area contributed by atoms with Gasteiger partial charge in [-0.3, -0.25) is 9.97 Å². The fraction of sp³-hybridized carbons (Fsp3) is 0.179. The highest BCUT2D eigenvalue weighted by Crippen LogP contribution is 2.32. The number of aromatic nitrogens is 4. The molecular formula is C28H27FN6. The lowest BCUT2D eigenvalue weighted by atomic mass is 9.95. The average molecular weight is 467 g/mol. The fourth-order valence-electron chi connectivity index (χ4n) is 3.86. The first-order chi connectivity index (χ1) is 16.9. The minimum absolute atomic E-state index is 0.305. The topological polar surface area (TPSA) is 90.7 Å². The summed E-state index contributed by atoms with van der Waals surface area (Å²) in [7, 11) is 0. The first kappa shape index (κ1) is 23.9. The summed E-state index contributed by atoms with van der Waals surface area (Å²) in [5.74, 6) is 0.206. The van der Waals surface area contributed by atoms with Crippen LogP contribution in [0.5, 0.6) is 0 Å². The predicted octanol–water partition coefficient (Wildman–Crippen LogP) is 7.60. The van der Waals surface area contributed by atoms with E-state index in [1.165, 1.54) is 12.1 Å². The number of nitrogens with zero attached hydrogens (tertiary/aromatic N) is 4. The van der Waals surface area contributed by atoms with Crippen LogP contribution in [0.3, 0.4) is 0 Å². The van der Waals surface area contributed by atoms with E-state index < -0.39 is 6.04 Å². The smallest absolute Gasteiger partial charge is 0.155 e. The van der Waals surface area contributed by atoms with Crippen LogP contribution in [0.2, 0.25) is 0 Å². The van der Waals surface area contributed by atoms with Gasteiger partial charge in [0.25, 0.3) is 0 Å². The third-order valence-corrected chi connectivity index (χ3v) is 6.00. The van der Waals surface area contributed by atoms with Gasteiger partial charge in [0, 0.05) is 35.3 Å². The summed E-state index contributed by atoms with van der Waals surface area (Å²) in [6, 6.07) is 7.53. The zero-order chi connectivity index (χ0) is 24.9. The van der Waals surface area contributed by atoms with Crippen molar-refractivity contribution in [3.8, 4) is 11.1 Å². The number of benzene rings is 1. The number of pyridine rings is 2. The summed E-state index contributed by atoms with van der Waals surface area (Å²) in [5.41, 5.74) is 15.7. The Morgan fingerprint density at radius 1 is 1.17 bits per heavy atom. The highest BCUT2D eigenvalue weighted by molar-refractivity contribution is 5.91. The summed E-state index contributed by atoms with van der Waals surface area (Å²) < 4.78 is 13.4. The molecule has 1 unspecified atom stereocenters. The van der Waals surface area contributed by atoms with Gasteiger partial charge >= 0.3 is 0 Å². The van der Waals surface area contributed by atoms with Crippen molar-refractivity contribution in [2.45, 2.75) is 33.2 Å². The van der Waals surface area contributed by atoms with Gasteiger partial charge in [0.15, 0.2) is 6.04 Å². The second-order valence-electron chi connectivity index (χ2n) is 8.29. The standard InChI is InChI=1S/C28H27FN6/c1-5-17(3)11-23(18(4)6-2)20-12-21(14-31-13-20)26(35-30)28-33-25-16-32-15-24(27(25)34-28)19-7-9-22(29)10-8-19/h6-16,26,30H,3,5H2,1-2,4H3,(H,33,34)/b18-6?,23-11+,35-30?. The molecule has 0 aliphatic heterocycles. The van der Waals surface area contributed by atoms with Crippen molar-refractivity contribution in [2.75, 3.05) is 0 Å². The average Bonchev–Trinajstić information content (AvgIpc) is 3.31. The molecular weight excluding hydrogens is 439 g/mol. The molecule has 4 aromatic rings. The Bertz CT molecular complexity index is 1450. The fourth-order valence-corrected chi connectivity index (χ4v) is 3.86. The van der Waals surface area contributed by atoms with Crippen LogP contribution in [-0.2, 0) is 0 Å². The molecule has 0 fully saturated rings. The molecule has 4 rings (SSSR count). The third kappa shape index (κ3) is 4.99. The van der Waals surface area contributed by atoms with Crippen molar-refractivity contribution < 1.29 is 4.39 Å². The van der Waals surface area contributed by atoms with E-state index in [0.29, 0.717) is 16.9 Å². The molecule has 0 aliphatic rings. The molecule has 0 radical (unpaired) electrons. The quantitative estimate of drug-likeness (QED) is 0.207. The summed E-state index contributed by atoms with van der Waals surface area (Å²) in [6.45, 7) is 10.2. The zero-order valence-corrected chi connectivity index (χ0v) is 20.0. The van der Waals surface area contributed by atoms with Crippen molar-refractivity contribution in [1.29, 1.82) is 5.53 Å².